The maximum absolute atomic E-state index is 12.6. The molecule has 0 aliphatic heterocycles. The lowest BCUT2D eigenvalue weighted by Crippen LogP contribution is -2.33. The van der Waals surface area contributed by atoms with Crippen LogP contribution >= 0.6 is 11.8 Å². The molecule has 0 fully saturated rings. The highest BCUT2D eigenvalue weighted by Gasteiger charge is 2.32. The highest BCUT2D eigenvalue weighted by molar-refractivity contribution is 7.98. The minimum Gasteiger partial charge on any atom is -0.404 e. The molecule has 3 rings (SSSR count). The van der Waals surface area contributed by atoms with Crippen molar-refractivity contribution in [2.24, 2.45) is 0 Å². The molecule has 1 heterocycles. The summed E-state index contributed by atoms with van der Waals surface area (Å²) >= 11 is 1.61. The first-order valence-electron chi connectivity index (χ1n) is 8.71. The SMILES string of the molecule is CSCC[C@H](NC(=O)Nc1ccccc1OC(F)(F)F)c1nc2ccccc2[nH]1. The fourth-order valence-corrected chi connectivity index (χ4v) is 3.22. The van der Waals surface area contributed by atoms with Crippen molar-refractivity contribution < 1.29 is 22.7 Å². The van der Waals surface area contributed by atoms with Gasteiger partial charge in [-0.1, -0.05) is 24.3 Å². The van der Waals surface area contributed by atoms with E-state index in [9.17, 15) is 18.0 Å². The molecule has 10 heteroatoms. The first-order chi connectivity index (χ1) is 13.9. The number of fused-ring (bicyclic) bond motifs is 1. The van der Waals surface area contributed by atoms with Crippen LogP contribution in [0.2, 0.25) is 0 Å². The zero-order valence-corrected chi connectivity index (χ0v) is 16.2. The van der Waals surface area contributed by atoms with E-state index in [2.05, 4.69) is 25.3 Å². The Kier molecular flexibility index (Phi) is 6.53. The Morgan fingerprint density at radius 2 is 1.93 bits per heavy atom. The highest BCUT2D eigenvalue weighted by atomic mass is 32.2. The number of carbonyl (C=O) groups is 1. The molecule has 2 amide bonds. The van der Waals surface area contributed by atoms with Gasteiger partial charge in [0, 0.05) is 0 Å². The van der Waals surface area contributed by atoms with E-state index in [-0.39, 0.29) is 5.69 Å². The summed E-state index contributed by atoms with van der Waals surface area (Å²) in [4.78, 5) is 20.2. The van der Waals surface area contributed by atoms with Crippen molar-refractivity contribution in [2.75, 3.05) is 17.3 Å². The lowest BCUT2D eigenvalue weighted by atomic mass is 10.2. The number of urea groups is 1. The number of hydrogen-bond donors (Lipinski definition) is 3. The summed E-state index contributed by atoms with van der Waals surface area (Å²) in [5, 5.41) is 5.19. The summed E-state index contributed by atoms with van der Waals surface area (Å²) in [7, 11) is 0. The number of aromatic nitrogens is 2. The fourth-order valence-electron chi connectivity index (χ4n) is 2.75. The fraction of sp³-hybridized carbons (Fsp3) is 0.263. The van der Waals surface area contributed by atoms with Gasteiger partial charge >= 0.3 is 12.4 Å². The second-order valence-electron chi connectivity index (χ2n) is 6.12. The predicted octanol–water partition coefficient (Wildman–Crippen LogP) is 5.08. The minimum atomic E-state index is -4.86. The van der Waals surface area contributed by atoms with Gasteiger partial charge in [-0.05, 0) is 42.7 Å². The standard InChI is InChI=1S/C19H19F3N4O2S/c1-29-11-10-15(17-23-12-6-2-3-7-13(12)24-17)26-18(27)25-14-8-4-5-9-16(14)28-19(20,21)22/h2-9,15H,10-11H2,1H3,(H,23,24)(H2,25,26,27)/t15-/m0/s1. The van der Waals surface area contributed by atoms with Gasteiger partial charge in [0.05, 0.1) is 22.8 Å². The number of H-pyrrole nitrogens is 1. The summed E-state index contributed by atoms with van der Waals surface area (Å²) in [6, 6.07) is 11.7. The summed E-state index contributed by atoms with van der Waals surface area (Å²) < 4.78 is 41.7. The van der Waals surface area contributed by atoms with E-state index >= 15 is 0 Å². The van der Waals surface area contributed by atoms with E-state index in [1.807, 2.05) is 30.5 Å². The monoisotopic (exact) mass is 424 g/mol. The molecule has 0 radical (unpaired) electrons. The van der Waals surface area contributed by atoms with Crippen LogP contribution < -0.4 is 15.4 Å². The Morgan fingerprint density at radius 3 is 2.66 bits per heavy atom. The van der Waals surface area contributed by atoms with Gasteiger partial charge in [0.15, 0.2) is 5.75 Å². The average molecular weight is 424 g/mol. The Morgan fingerprint density at radius 1 is 1.21 bits per heavy atom. The number of nitrogens with one attached hydrogen (secondary N) is 3. The van der Waals surface area contributed by atoms with Crippen LogP contribution in [0.25, 0.3) is 11.0 Å². The van der Waals surface area contributed by atoms with Gasteiger partial charge in [-0.3, -0.25) is 0 Å². The second kappa shape index (κ2) is 9.08. The van der Waals surface area contributed by atoms with Crippen molar-refractivity contribution in [3.05, 3.63) is 54.4 Å². The molecule has 0 saturated carbocycles. The van der Waals surface area contributed by atoms with Crippen molar-refractivity contribution in [2.45, 2.75) is 18.8 Å². The molecular formula is C19H19F3N4O2S. The third-order valence-electron chi connectivity index (χ3n) is 4.01. The Labute approximate surface area is 169 Å². The maximum atomic E-state index is 12.6. The number of nitrogens with zero attached hydrogens (tertiary/aromatic N) is 1. The molecule has 1 atom stereocenters. The molecule has 1 aromatic heterocycles. The van der Waals surface area contributed by atoms with E-state index in [4.69, 9.17) is 0 Å². The molecule has 0 aliphatic rings. The quantitative estimate of drug-likeness (QED) is 0.494. The van der Waals surface area contributed by atoms with Gasteiger partial charge in [-0.25, -0.2) is 9.78 Å². The number of halogens is 3. The van der Waals surface area contributed by atoms with Crippen molar-refractivity contribution in [1.82, 2.24) is 15.3 Å². The van der Waals surface area contributed by atoms with Crippen molar-refractivity contribution in [3.8, 4) is 5.75 Å². The number of alkyl halides is 3. The molecule has 3 N–H and O–H groups in total. The van der Waals surface area contributed by atoms with Gasteiger partial charge < -0.3 is 20.4 Å². The second-order valence-corrected chi connectivity index (χ2v) is 7.10. The number of thioether (sulfide) groups is 1. The Bertz CT molecular complexity index is 944. The molecule has 0 saturated heterocycles. The van der Waals surface area contributed by atoms with Crippen molar-refractivity contribution in [3.63, 3.8) is 0 Å². The summed E-state index contributed by atoms with van der Waals surface area (Å²) in [5.41, 5.74) is 1.51. The molecule has 0 spiro atoms. The van der Waals surface area contributed by atoms with Crippen LogP contribution in [-0.4, -0.2) is 34.4 Å². The average Bonchev–Trinajstić information content (AvgIpc) is 3.09. The van der Waals surface area contributed by atoms with E-state index in [1.54, 1.807) is 11.8 Å². The largest absolute Gasteiger partial charge is 0.573 e. The number of imidazole rings is 1. The van der Waals surface area contributed by atoms with Crippen molar-refractivity contribution >= 4 is 34.5 Å². The number of rotatable bonds is 7. The van der Waals surface area contributed by atoms with Crippen LogP contribution in [0.15, 0.2) is 48.5 Å². The van der Waals surface area contributed by atoms with E-state index in [1.165, 1.54) is 18.2 Å². The zero-order valence-electron chi connectivity index (χ0n) is 15.4. The molecule has 29 heavy (non-hydrogen) atoms. The van der Waals surface area contributed by atoms with Crippen molar-refractivity contribution in [1.29, 1.82) is 0 Å². The Hall–Kier alpha value is -2.88. The molecule has 0 aliphatic carbocycles. The van der Waals surface area contributed by atoms with Gasteiger partial charge in [-0.15, -0.1) is 13.2 Å². The predicted molar refractivity (Wildman–Crippen MR) is 107 cm³/mol. The number of anilines is 1. The molecule has 3 aromatic rings. The number of para-hydroxylation sites is 4. The number of carbonyl (C=O) groups excluding carboxylic acids is 1. The molecular weight excluding hydrogens is 405 g/mol. The van der Waals surface area contributed by atoms with Gasteiger partial charge in [0.2, 0.25) is 0 Å². The first-order valence-corrected chi connectivity index (χ1v) is 10.1. The molecule has 2 aromatic carbocycles. The smallest absolute Gasteiger partial charge is 0.404 e. The lowest BCUT2D eigenvalue weighted by Gasteiger charge is -2.18. The number of ether oxygens (including phenoxy) is 1. The van der Waals surface area contributed by atoms with Crippen LogP contribution in [0.1, 0.15) is 18.3 Å². The normalized spacial score (nSPS) is 12.6. The van der Waals surface area contributed by atoms with E-state index in [0.717, 1.165) is 22.9 Å². The number of benzene rings is 2. The lowest BCUT2D eigenvalue weighted by molar-refractivity contribution is -0.274. The molecule has 154 valence electrons. The molecule has 0 bridgehead atoms. The third kappa shape index (κ3) is 5.80. The van der Waals surface area contributed by atoms with Gasteiger partial charge in [0.25, 0.3) is 0 Å². The van der Waals surface area contributed by atoms with Crippen LogP contribution in [0.3, 0.4) is 0 Å². The van der Waals surface area contributed by atoms with E-state index in [0.29, 0.717) is 12.2 Å². The van der Waals surface area contributed by atoms with Gasteiger partial charge in [0.1, 0.15) is 5.82 Å². The maximum Gasteiger partial charge on any atom is 0.573 e. The van der Waals surface area contributed by atoms with E-state index < -0.39 is 24.2 Å². The number of amides is 2. The van der Waals surface area contributed by atoms with Crippen LogP contribution in [0.4, 0.5) is 23.7 Å². The van der Waals surface area contributed by atoms with Crippen LogP contribution in [0, 0.1) is 0 Å². The molecule has 6 nitrogen and oxygen atoms in total. The topological polar surface area (TPSA) is 79.0 Å². The first kappa shape index (κ1) is 20.8. The zero-order chi connectivity index (χ0) is 20.9. The van der Waals surface area contributed by atoms with Crippen LogP contribution in [0.5, 0.6) is 5.75 Å². The van der Waals surface area contributed by atoms with Crippen LogP contribution in [-0.2, 0) is 0 Å². The highest BCUT2D eigenvalue weighted by Crippen LogP contribution is 2.30. The Balaban J connectivity index is 1.75. The van der Waals surface area contributed by atoms with Gasteiger partial charge in [-0.2, -0.15) is 11.8 Å². The third-order valence-corrected chi connectivity index (χ3v) is 4.66. The summed E-state index contributed by atoms with van der Waals surface area (Å²) in [6.07, 6.45) is -2.32. The minimum absolute atomic E-state index is 0.0875. The summed E-state index contributed by atoms with van der Waals surface area (Å²) in [6.45, 7) is 0. The number of aromatic amines is 1. The summed E-state index contributed by atoms with van der Waals surface area (Å²) in [5.74, 6) is 0.852. The number of hydrogen-bond acceptors (Lipinski definition) is 4. The molecule has 0 unspecified atom stereocenters.